The van der Waals surface area contributed by atoms with Crippen LogP contribution in [0.2, 0.25) is 0 Å². The third-order valence-electron chi connectivity index (χ3n) is 14.2. The van der Waals surface area contributed by atoms with Gasteiger partial charge in [0.05, 0.1) is 24.5 Å². The third-order valence-corrected chi connectivity index (χ3v) is 14.2. The molecule has 1 aromatic carbocycles. The van der Waals surface area contributed by atoms with Gasteiger partial charge in [-0.2, -0.15) is 0 Å². The number of aliphatic imine (C=N–C) groups is 2. The van der Waals surface area contributed by atoms with E-state index in [0.717, 1.165) is 9.58 Å². The summed E-state index contributed by atoms with van der Waals surface area (Å²) in [5.74, 6) is -6.50. The van der Waals surface area contributed by atoms with Gasteiger partial charge in [-0.1, -0.05) is 51.5 Å². The molecule has 2 fully saturated rings. The summed E-state index contributed by atoms with van der Waals surface area (Å²) >= 11 is 0. The van der Waals surface area contributed by atoms with Crippen LogP contribution in [-0.2, 0) is 51.1 Å². The first-order chi connectivity index (χ1) is 38.3. The van der Waals surface area contributed by atoms with Crippen LogP contribution in [0.4, 0.5) is 4.39 Å². The SMILES string of the molecule is CC[C@H](C)[C@H](NC(=O)CN(CCc1ccc(O)cc1)C(=O)[C@@H]1CCCN1C(=O)[C@H](CCCN=C(N)N)NC(=O)[C@H](CCCN=C(N)N)N(C)C(=O)[C@@H](N)Cc1cn([C@@H]2O[C@H](CF)[C@@H](O)[C@H](O)[C@H]2O)nn1)C(=O)N[C@@H](CC(C)C)C(=O)O. The second-order valence-electron chi connectivity index (χ2n) is 20.9. The molecule has 0 bridgehead atoms. The number of halogens is 1. The molecule has 0 radical (unpaired) electrons. The zero-order valence-electron chi connectivity index (χ0n) is 46.6. The van der Waals surface area contributed by atoms with Gasteiger partial charge in [0.2, 0.25) is 35.4 Å². The molecule has 2 aliphatic heterocycles. The molecule has 0 aliphatic carbocycles. The Morgan fingerprint density at radius 1 is 0.889 bits per heavy atom. The lowest BCUT2D eigenvalue weighted by Crippen LogP contribution is -2.59. The highest BCUT2D eigenvalue weighted by Crippen LogP contribution is 2.29. The van der Waals surface area contributed by atoms with Gasteiger partial charge in [-0.05, 0) is 80.9 Å². The van der Waals surface area contributed by atoms with Crippen molar-refractivity contribution in [1.82, 2.24) is 45.6 Å². The Kier molecular flexibility index (Phi) is 25.9. The van der Waals surface area contributed by atoms with Gasteiger partial charge in [-0.25, -0.2) is 13.9 Å². The summed E-state index contributed by atoms with van der Waals surface area (Å²) in [5.41, 5.74) is 29.5. The van der Waals surface area contributed by atoms with Gasteiger partial charge in [0.25, 0.3) is 0 Å². The maximum Gasteiger partial charge on any atom is 0.326 e. The van der Waals surface area contributed by atoms with E-state index in [-0.39, 0.29) is 107 Å². The Morgan fingerprint density at radius 2 is 1.52 bits per heavy atom. The Morgan fingerprint density at radius 3 is 2.11 bits per heavy atom. The lowest BCUT2D eigenvalue weighted by molar-refractivity contribution is -0.250. The molecule has 18 N–H and O–H groups in total. The van der Waals surface area contributed by atoms with Crippen molar-refractivity contribution in [1.29, 1.82) is 0 Å². The number of aliphatic hydroxyl groups excluding tert-OH is 3. The highest BCUT2D eigenvalue weighted by molar-refractivity contribution is 5.96. The van der Waals surface area contributed by atoms with E-state index in [1.165, 1.54) is 35.2 Å². The number of nitrogens with two attached hydrogens (primary N) is 5. The molecule has 0 saturated carbocycles. The first-order valence-corrected chi connectivity index (χ1v) is 27.1. The Hall–Kier alpha value is -7.28. The Balaban J connectivity index is 1.61. The summed E-state index contributed by atoms with van der Waals surface area (Å²) in [6.07, 6.45) is -5.74. The fourth-order valence-electron chi connectivity index (χ4n) is 9.50. The Labute approximate surface area is 469 Å². The van der Waals surface area contributed by atoms with Gasteiger partial charge < -0.3 is 89.6 Å². The number of likely N-dealkylation sites (N-methyl/N-ethyl adjacent to an activating group) is 1. The van der Waals surface area contributed by atoms with E-state index in [1.807, 2.05) is 13.8 Å². The van der Waals surface area contributed by atoms with Crippen LogP contribution in [0.3, 0.4) is 0 Å². The van der Waals surface area contributed by atoms with Crippen LogP contribution in [0.1, 0.15) is 96.5 Å². The smallest absolute Gasteiger partial charge is 0.326 e. The number of carbonyl (C=O) groups excluding carboxylic acids is 6. The van der Waals surface area contributed by atoms with Crippen LogP contribution >= 0.6 is 0 Å². The van der Waals surface area contributed by atoms with Gasteiger partial charge in [0, 0.05) is 39.6 Å². The topological polar surface area (TPSA) is 461 Å². The number of aromatic hydroxyl groups is 1. The second kappa shape index (κ2) is 31.6. The molecule has 2 aromatic rings. The summed E-state index contributed by atoms with van der Waals surface area (Å²) in [6.45, 7) is 5.48. The van der Waals surface area contributed by atoms with Crippen molar-refractivity contribution in [3.05, 3.63) is 41.7 Å². The molecule has 81 heavy (non-hydrogen) atoms. The van der Waals surface area contributed by atoms with E-state index in [9.17, 15) is 63.5 Å². The molecule has 2 aliphatic rings. The molecule has 4 rings (SSSR count). The summed E-state index contributed by atoms with van der Waals surface area (Å²) in [7, 11) is 1.32. The minimum atomic E-state index is -1.78. The molecule has 2 saturated heterocycles. The molecule has 3 heterocycles. The largest absolute Gasteiger partial charge is 0.508 e. The fraction of sp³-hybridized carbons (Fsp3) is 0.667. The number of guanidine groups is 2. The molecule has 30 heteroatoms. The number of aliphatic carboxylic acids is 1. The zero-order valence-corrected chi connectivity index (χ0v) is 46.6. The summed E-state index contributed by atoms with van der Waals surface area (Å²) in [6, 6.07) is -1.35. The minimum Gasteiger partial charge on any atom is -0.508 e. The molecular weight excluding hydrogens is 1060 g/mol. The van der Waals surface area contributed by atoms with Crippen LogP contribution in [0.5, 0.6) is 5.75 Å². The monoisotopic (exact) mass is 1150 g/mol. The van der Waals surface area contributed by atoms with E-state index in [0.29, 0.717) is 18.4 Å². The van der Waals surface area contributed by atoms with Crippen molar-refractivity contribution < 1.29 is 68.2 Å². The highest BCUT2D eigenvalue weighted by Gasteiger charge is 2.46. The predicted octanol–water partition coefficient (Wildman–Crippen LogP) is -3.57. The number of benzene rings is 1. The number of hydrogen-bond acceptors (Lipinski definition) is 17. The number of amides is 6. The van der Waals surface area contributed by atoms with Crippen molar-refractivity contribution in [3.8, 4) is 5.75 Å². The highest BCUT2D eigenvalue weighted by atomic mass is 19.1. The van der Waals surface area contributed by atoms with Gasteiger partial charge in [-0.15, -0.1) is 5.10 Å². The number of carboxylic acid groups (broad SMARTS) is 1. The number of hydrogen-bond donors (Lipinski definition) is 13. The lowest BCUT2D eigenvalue weighted by atomic mass is 9.97. The maximum atomic E-state index is 14.9. The normalized spacial score (nSPS) is 21.1. The maximum absolute atomic E-state index is 14.9. The number of likely N-dealkylation sites (tertiary alicyclic amines) is 1. The molecular formula is C51H83FN16O13. The van der Waals surface area contributed by atoms with Crippen molar-refractivity contribution in [2.24, 2.45) is 50.5 Å². The summed E-state index contributed by atoms with van der Waals surface area (Å²) in [4.78, 5) is 110. The number of ether oxygens (including phenoxy) is 1. The van der Waals surface area contributed by atoms with Gasteiger partial charge in [0.1, 0.15) is 67.0 Å². The van der Waals surface area contributed by atoms with Crippen LogP contribution in [0, 0.1) is 11.8 Å². The van der Waals surface area contributed by atoms with Gasteiger partial charge >= 0.3 is 5.97 Å². The average Bonchev–Trinajstić information content (AvgIpc) is 4.12. The first-order valence-electron chi connectivity index (χ1n) is 27.1. The molecule has 452 valence electrons. The molecule has 0 unspecified atom stereocenters. The molecule has 29 nitrogen and oxygen atoms in total. The van der Waals surface area contributed by atoms with E-state index < -0.39 is 127 Å². The van der Waals surface area contributed by atoms with Crippen molar-refractivity contribution in [3.63, 3.8) is 0 Å². The van der Waals surface area contributed by atoms with E-state index in [4.69, 9.17) is 33.4 Å². The van der Waals surface area contributed by atoms with Crippen molar-refractivity contribution in [2.75, 3.05) is 46.4 Å². The van der Waals surface area contributed by atoms with Crippen LogP contribution in [-0.4, -0.2) is 216 Å². The number of phenolic OH excluding ortho intramolecular Hbond substituents is 1. The second-order valence-corrected chi connectivity index (χ2v) is 20.9. The molecule has 0 spiro atoms. The number of nitrogens with one attached hydrogen (secondary N) is 3. The number of aliphatic hydroxyl groups is 3. The Bertz CT molecular complexity index is 2480. The van der Waals surface area contributed by atoms with Crippen molar-refractivity contribution >= 4 is 53.3 Å². The molecule has 12 atom stereocenters. The standard InChI is InChI=1S/C51H83FN16O13/c1-6-28(4)39(44(75)61-34(49(79)80)22-27(2)3)62-38(70)26-66(21-17-29-13-15-31(69)16-14-29)47(78)36-12-9-20-67(36)46(77)33(10-7-18-58-50(54)55)60-43(74)35(11-8-19-59-51(56)57)65(5)45(76)32(53)23-30-25-68(64-63-30)48-42(73)41(72)40(71)37(24-52)81-48/h13-16,25,27-28,32-37,39-42,48,69,71-73H,6-12,17-24,26,53H2,1-5H3,(H,60,74)(H,61,75)(H,62,70)(H,79,80)(H4,54,55,58)(H4,56,57,59)/t28-,32-,33-,34-,35-,36-,37+,39-,40+,41-,42+,48+/m0/s1. The van der Waals surface area contributed by atoms with Crippen LogP contribution in [0.15, 0.2) is 40.4 Å². The van der Waals surface area contributed by atoms with Crippen LogP contribution < -0.4 is 44.6 Å². The molecule has 6 amide bonds. The lowest BCUT2D eigenvalue weighted by Gasteiger charge is -2.39. The summed E-state index contributed by atoms with van der Waals surface area (Å²) < 4.78 is 20.0. The van der Waals surface area contributed by atoms with Gasteiger partial charge in [-0.3, -0.25) is 38.8 Å². The van der Waals surface area contributed by atoms with E-state index >= 15 is 0 Å². The van der Waals surface area contributed by atoms with E-state index in [2.05, 4.69) is 36.2 Å². The fourth-order valence-corrected chi connectivity index (χ4v) is 9.50. The number of phenols is 1. The minimum absolute atomic E-state index is 0.00625. The quantitative estimate of drug-likeness (QED) is 0.0197. The average molecular weight is 1150 g/mol. The summed E-state index contributed by atoms with van der Waals surface area (Å²) in [5, 5.41) is 66.7. The number of aromatic nitrogens is 3. The number of carbonyl (C=O) groups is 7. The zero-order chi connectivity index (χ0) is 60.2. The predicted molar refractivity (Wildman–Crippen MR) is 291 cm³/mol. The number of alkyl halides is 1. The van der Waals surface area contributed by atoms with E-state index in [1.54, 1.807) is 26.0 Å². The number of nitrogens with zero attached hydrogens (tertiary/aromatic N) is 8. The number of rotatable bonds is 31. The molecule has 1 aromatic heterocycles. The van der Waals surface area contributed by atoms with Crippen molar-refractivity contribution in [2.45, 2.75) is 159 Å². The number of carboxylic acids is 1. The van der Waals surface area contributed by atoms with Crippen LogP contribution in [0.25, 0.3) is 0 Å². The third kappa shape index (κ3) is 19.5. The van der Waals surface area contributed by atoms with Gasteiger partial charge in [0.15, 0.2) is 18.1 Å². The first kappa shape index (κ1) is 66.2.